The van der Waals surface area contributed by atoms with Crippen molar-refractivity contribution in [3.8, 4) is 0 Å². The molecule has 0 saturated heterocycles. The van der Waals surface area contributed by atoms with Crippen LogP contribution in [0.15, 0.2) is 24.3 Å². The number of rotatable bonds is 5. The minimum Gasteiger partial charge on any atom is -0.382 e. The van der Waals surface area contributed by atoms with E-state index in [0.717, 1.165) is 25.7 Å². The molecule has 132 valence electrons. The molecule has 1 aromatic rings. The highest BCUT2D eigenvalue weighted by Crippen LogP contribution is 2.27. The Bertz CT molecular complexity index is 590. The standard InChI is InChI=1S/C17H24ClN3O3/c18-13-8-4-7-12(10-13)16(23)21(20)17(24)15(22)14(19)9-11-5-2-1-3-6-11/h4,7-8,10-11,14-15,22H,1-3,5-6,9,19-20H2/t14-,15?/m1/s1. The first kappa shape index (κ1) is 18.9. The van der Waals surface area contributed by atoms with Gasteiger partial charge < -0.3 is 10.8 Å². The van der Waals surface area contributed by atoms with Crippen LogP contribution in [0.4, 0.5) is 0 Å². The predicted molar refractivity (Wildman–Crippen MR) is 92.0 cm³/mol. The summed E-state index contributed by atoms with van der Waals surface area (Å²) in [6.45, 7) is 0. The summed E-state index contributed by atoms with van der Waals surface area (Å²) >= 11 is 5.83. The zero-order valence-corrected chi connectivity index (χ0v) is 14.3. The molecule has 0 heterocycles. The van der Waals surface area contributed by atoms with Crippen molar-refractivity contribution in [2.24, 2.45) is 17.5 Å². The first-order valence-electron chi connectivity index (χ1n) is 8.22. The normalized spacial score (nSPS) is 18.0. The summed E-state index contributed by atoms with van der Waals surface area (Å²) in [5, 5.41) is 10.9. The molecule has 24 heavy (non-hydrogen) atoms. The molecule has 0 bridgehead atoms. The van der Waals surface area contributed by atoms with Crippen LogP contribution >= 0.6 is 11.6 Å². The van der Waals surface area contributed by atoms with E-state index < -0.39 is 24.0 Å². The topological polar surface area (TPSA) is 110 Å². The molecule has 1 aliphatic rings. The lowest BCUT2D eigenvalue weighted by Crippen LogP contribution is -2.53. The molecule has 0 aliphatic heterocycles. The number of aliphatic hydroxyl groups excluding tert-OH is 1. The first-order valence-corrected chi connectivity index (χ1v) is 8.60. The lowest BCUT2D eigenvalue weighted by atomic mass is 9.84. The smallest absolute Gasteiger partial charge is 0.274 e. The average Bonchev–Trinajstić information content (AvgIpc) is 2.60. The summed E-state index contributed by atoms with van der Waals surface area (Å²) in [5.74, 6) is 4.37. The molecule has 1 aliphatic carbocycles. The maximum Gasteiger partial charge on any atom is 0.274 e. The Morgan fingerprint density at radius 3 is 2.58 bits per heavy atom. The van der Waals surface area contributed by atoms with E-state index in [0.29, 0.717) is 22.4 Å². The molecule has 0 radical (unpaired) electrons. The number of halogens is 1. The van der Waals surface area contributed by atoms with E-state index in [1.807, 2.05) is 0 Å². The Balaban J connectivity index is 1.96. The van der Waals surface area contributed by atoms with Gasteiger partial charge in [0.2, 0.25) is 0 Å². The van der Waals surface area contributed by atoms with Crippen molar-refractivity contribution in [1.29, 1.82) is 0 Å². The maximum atomic E-state index is 12.2. The number of nitrogens with two attached hydrogens (primary N) is 2. The summed E-state index contributed by atoms with van der Waals surface area (Å²) in [7, 11) is 0. The van der Waals surface area contributed by atoms with Gasteiger partial charge >= 0.3 is 0 Å². The molecular weight excluding hydrogens is 330 g/mol. The van der Waals surface area contributed by atoms with Crippen LogP contribution in [-0.4, -0.2) is 34.1 Å². The number of hydrogen-bond acceptors (Lipinski definition) is 5. The monoisotopic (exact) mass is 353 g/mol. The number of imide groups is 1. The fourth-order valence-electron chi connectivity index (χ4n) is 3.12. The number of hydrazine groups is 1. The molecular formula is C17H24ClN3O3. The van der Waals surface area contributed by atoms with Crippen LogP contribution in [0.3, 0.4) is 0 Å². The first-order chi connectivity index (χ1) is 11.4. The predicted octanol–water partition coefficient (Wildman–Crippen LogP) is 1.84. The van der Waals surface area contributed by atoms with Gasteiger partial charge in [-0.15, -0.1) is 0 Å². The number of benzene rings is 1. The van der Waals surface area contributed by atoms with Gasteiger partial charge in [0.1, 0.15) is 6.10 Å². The van der Waals surface area contributed by atoms with Crippen LogP contribution in [-0.2, 0) is 4.79 Å². The van der Waals surface area contributed by atoms with Gasteiger partial charge in [0.25, 0.3) is 11.8 Å². The Morgan fingerprint density at radius 1 is 1.29 bits per heavy atom. The van der Waals surface area contributed by atoms with Gasteiger partial charge in [-0.3, -0.25) is 9.59 Å². The van der Waals surface area contributed by atoms with Gasteiger partial charge in [0.15, 0.2) is 0 Å². The summed E-state index contributed by atoms with van der Waals surface area (Å²) in [6.07, 6.45) is 4.68. The van der Waals surface area contributed by atoms with E-state index in [1.54, 1.807) is 12.1 Å². The summed E-state index contributed by atoms with van der Waals surface area (Å²) in [4.78, 5) is 24.5. The largest absolute Gasteiger partial charge is 0.382 e. The quantitative estimate of drug-likeness (QED) is 0.425. The second-order valence-corrected chi connectivity index (χ2v) is 6.81. The minimum absolute atomic E-state index is 0.173. The fraction of sp³-hybridized carbons (Fsp3) is 0.529. The van der Waals surface area contributed by atoms with E-state index in [9.17, 15) is 14.7 Å². The third-order valence-electron chi connectivity index (χ3n) is 4.52. The third-order valence-corrected chi connectivity index (χ3v) is 4.75. The summed E-state index contributed by atoms with van der Waals surface area (Å²) in [6, 6.07) is 5.36. The molecule has 2 atom stereocenters. The van der Waals surface area contributed by atoms with Crippen molar-refractivity contribution in [1.82, 2.24) is 5.01 Å². The Kier molecular flexibility index (Phi) is 6.74. The molecule has 0 aromatic heterocycles. The molecule has 0 spiro atoms. The van der Waals surface area contributed by atoms with Crippen molar-refractivity contribution in [3.63, 3.8) is 0 Å². The highest BCUT2D eigenvalue weighted by Gasteiger charge is 2.32. The van der Waals surface area contributed by atoms with Gasteiger partial charge in [0.05, 0.1) is 0 Å². The van der Waals surface area contributed by atoms with Crippen LogP contribution < -0.4 is 11.6 Å². The van der Waals surface area contributed by atoms with Crippen LogP contribution in [0.2, 0.25) is 5.02 Å². The number of aliphatic hydroxyl groups is 1. The zero-order chi connectivity index (χ0) is 17.7. The average molecular weight is 354 g/mol. The van der Waals surface area contributed by atoms with E-state index in [2.05, 4.69) is 0 Å². The summed E-state index contributed by atoms with van der Waals surface area (Å²) in [5.41, 5.74) is 6.14. The van der Waals surface area contributed by atoms with Crippen molar-refractivity contribution in [3.05, 3.63) is 34.9 Å². The van der Waals surface area contributed by atoms with Crippen molar-refractivity contribution < 1.29 is 14.7 Å². The number of carbonyl (C=O) groups is 2. The van der Waals surface area contributed by atoms with Gasteiger partial charge in [-0.2, -0.15) is 0 Å². The second kappa shape index (κ2) is 8.58. The van der Waals surface area contributed by atoms with Crippen molar-refractivity contribution in [2.45, 2.75) is 50.7 Å². The molecule has 1 unspecified atom stereocenters. The highest BCUT2D eigenvalue weighted by molar-refractivity contribution is 6.31. The molecule has 5 N–H and O–H groups in total. The summed E-state index contributed by atoms with van der Waals surface area (Å²) < 4.78 is 0. The number of amides is 2. The zero-order valence-electron chi connectivity index (χ0n) is 13.5. The van der Waals surface area contributed by atoms with E-state index >= 15 is 0 Å². The fourth-order valence-corrected chi connectivity index (χ4v) is 3.31. The van der Waals surface area contributed by atoms with Crippen LogP contribution in [0.1, 0.15) is 48.9 Å². The third kappa shape index (κ3) is 4.77. The molecule has 6 nitrogen and oxygen atoms in total. The molecule has 2 amide bonds. The van der Waals surface area contributed by atoms with Crippen LogP contribution in [0.5, 0.6) is 0 Å². The Labute approximate surface area is 146 Å². The van der Waals surface area contributed by atoms with Gasteiger partial charge in [0, 0.05) is 16.6 Å². The van der Waals surface area contributed by atoms with Gasteiger partial charge in [-0.1, -0.05) is 49.8 Å². The molecule has 1 aromatic carbocycles. The lowest BCUT2D eigenvalue weighted by molar-refractivity contribution is -0.138. The Morgan fingerprint density at radius 2 is 1.96 bits per heavy atom. The van der Waals surface area contributed by atoms with Gasteiger partial charge in [-0.25, -0.2) is 10.9 Å². The lowest BCUT2D eigenvalue weighted by Gasteiger charge is -2.28. The van der Waals surface area contributed by atoms with Gasteiger partial charge in [-0.05, 0) is 30.5 Å². The highest BCUT2D eigenvalue weighted by atomic mass is 35.5. The number of hydrogen-bond donors (Lipinski definition) is 3. The van der Waals surface area contributed by atoms with Crippen LogP contribution in [0.25, 0.3) is 0 Å². The number of nitrogens with zero attached hydrogens (tertiary/aromatic N) is 1. The molecule has 1 fully saturated rings. The minimum atomic E-state index is -1.50. The van der Waals surface area contributed by atoms with Crippen molar-refractivity contribution >= 4 is 23.4 Å². The SMILES string of the molecule is N[C@H](CC1CCCCC1)C(O)C(=O)N(N)C(=O)c1cccc(Cl)c1. The Hall–Kier alpha value is -1.47. The van der Waals surface area contributed by atoms with E-state index in [1.165, 1.54) is 18.6 Å². The van der Waals surface area contributed by atoms with Crippen molar-refractivity contribution in [2.75, 3.05) is 0 Å². The van der Waals surface area contributed by atoms with E-state index in [-0.39, 0.29) is 5.56 Å². The second-order valence-electron chi connectivity index (χ2n) is 6.37. The molecule has 1 saturated carbocycles. The number of carbonyl (C=O) groups excluding carboxylic acids is 2. The van der Waals surface area contributed by atoms with Crippen LogP contribution in [0, 0.1) is 5.92 Å². The molecule has 2 rings (SSSR count). The molecule has 7 heteroatoms. The van der Waals surface area contributed by atoms with E-state index in [4.69, 9.17) is 23.2 Å². The maximum absolute atomic E-state index is 12.2.